The molecule has 7 rings (SSSR count). The fourth-order valence-electron chi connectivity index (χ4n) is 8.53. The number of para-hydroxylation sites is 2. The zero-order chi connectivity index (χ0) is 24.3. The van der Waals surface area contributed by atoms with Gasteiger partial charge >= 0.3 is 0 Å². The number of imidazole rings is 1. The molecule has 0 saturated heterocycles. The van der Waals surface area contributed by atoms with Gasteiger partial charge in [0.05, 0.1) is 23.7 Å². The van der Waals surface area contributed by atoms with Gasteiger partial charge in [0, 0.05) is 23.5 Å². The topological polar surface area (TPSA) is 39.9 Å². The summed E-state index contributed by atoms with van der Waals surface area (Å²) in [6.45, 7) is 5.83. The minimum atomic E-state index is 0.233. The highest BCUT2D eigenvalue weighted by molar-refractivity contribution is 5.80. The van der Waals surface area contributed by atoms with Crippen LogP contribution in [-0.2, 0) is 11.3 Å². The standard InChI is InChI=1S/C32H37N3O/c1-31-15-11-24(36-20-22-13-17-33-18-14-22)19-23(31)7-8-25-26-9-10-30(32(26,2)16-12-27(25)31)35-21-34-28-5-3-4-6-29(28)35/h3-7,10,13-14,17-18,21,24-27H,8-9,11-12,15-16,19-20H2,1-2H3/t24-,25?,26?,27?,31-,32?/m0/s1. The molecule has 0 spiro atoms. The molecule has 1 aromatic carbocycles. The third kappa shape index (κ3) is 3.37. The maximum atomic E-state index is 6.39. The van der Waals surface area contributed by atoms with Crippen molar-refractivity contribution in [2.45, 2.75) is 71.5 Å². The number of nitrogens with zero attached hydrogens (tertiary/aromatic N) is 3. The van der Waals surface area contributed by atoms with Crippen LogP contribution in [0, 0.1) is 28.6 Å². The summed E-state index contributed by atoms with van der Waals surface area (Å²) >= 11 is 0. The Morgan fingerprint density at radius 3 is 2.67 bits per heavy atom. The first-order valence-corrected chi connectivity index (χ1v) is 13.9. The second-order valence-electron chi connectivity index (χ2n) is 12.2. The van der Waals surface area contributed by atoms with Gasteiger partial charge in [0.15, 0.2) is 0 Å². The molecule has 4 nitrogen and oxygen atoms in total. The first kappa shape index (κ1) is 22.5. The molecule has 4 unspecified atom stereocenters. The molecule has 3 aromatic rings. The molecule has 0 bridgehead atoms. The van der Waals surface area contributed by atoms with Crippen LogP contribution in [0.15, 0.2) is 72.8 Å². The van der Waals surface area contributed by atoms with Crippen LogP contribution < -0.4 is 0 Å². The van der Waals surface area contributed by atoms with E-state index in [-0.39, 0.29) is 5.41 Å². The lowest BCUT2D eigenvalue weighted by atomic mass is 9.47. The predicted octanol–water partition coefficient (Wildman–Crippen LogP) is 7.43. The van der Waals surface area contributed by atoms with E-state index in [1.165, 1.54) is 55.3 Å². The molecule has 186 valence electrons. The number of fused-ring (bicyclic) bond motifs is 6. The molecule has 0 radical (unpaired) electrons. The lowest BCUT2D eigenvalue weighted by molar-refractivity contribution is -0.0428. The Labute approximate surface area is 214 Å². The van der Waals surface area contributed by atoms with Crippen LogP contribution in [-0.4, -0.2) is 20.6 Å². The average Bonchev–Trinajstić information content (AvgIpc) is 3.48. The monoisotopic (exact) mass is 479 g/mol. The van der Waals surface area contributed by atoms with Gasteiger partial charge in [-0.05, 0) is 97.9 Å². The second kappa shape index (κ2) is 8.41. The van der Waals surface area contributed by atoms with E-state index in [1.807, 2.05) is 12.4 Å². The number of rotatable bonds is 4. The number of aromatic nitrogens is 3. The van der Waals surface area contributed by atoms with Crippen LogP contribution in [0.3, 0.4) is 0 Å². The maximum absolute atomic E-state index is 6.39. The normalized spacial score (nSPS) is 35.5. The Hall–Kier alpha value is -2.72. The lowest BCUT2D eigenvalue weighted by Crippen LogP contribution is -2.50. The van der Waals surface area contributed by atoms with Crippen LogP contribution >= 0.6 is 0 Å². The van der Waals surface area contributed by atoms with Crippen LogP contribution in [0.4, 0.5) is 0 Å². The van der Waals surface area contributed by atoms with E-state index >= 15 is 0 Å². The van der Waals surface area contributed by atoms with Crippen molar-refractivity contribution < 1.29 is 4.74 Å². The zero-order valence-electron chi connectivity index (χ0n) is 21.6. The quantitative estimate of drug-likeness (QED) is 0.365. The van der Waals surface area contributed by atoms with Gasteiger partial charge in [-0.2, -0.15) is 0 Å². The summed E-state index contributed by atoms with van der Waals surface area (Å²) in [6.07, 6.45) is 19.9. The number of ether oxygens (including phenoxy) is 1. The number of pyridine rings is 1. The first-order chi connectivity index (χ1) is 17.6. The molecular formula is C32H37N3O. The van der Waals surface area contributed by atoms with Crippen molar-refractivity contribution >= 4 is 16.7 Å². The van der Waals surface area contributed by atoms with Gasteiger partial charge in [0.1, 0.15) is 6.33 Å². The lowest BCUT2D eigenvalue weighted by Gasteiger charge is -2.57. The third-order valence-electron chi connectivity index (χ3n) is 10.5. The summed E-state index contributed by atoms with van der Waals surface area (Å²) in [5.74, 6) is 2.29. The van der Waals surface area contributed by atoms with E-state index in [1.54, 1.807) is 5.57 Å². The SMILES string of the molecule is CC12CCC3C(CC=C4C[C@@H](OCc5ccncc5)CC[C@@]43C)C1CC=C2n1cnc2ccccc21. The first-order valence-electron chi connectivity index (χ1n) is 13.9. The Morgan fingerprint density at radius 1 is 0.944 bits per heavy atom. The van der Waals surface area contributed by atoms with Crippen molar-refractivity contribution in [3.05, 3.63) is 78.4 Å². The van der Waals surface area contributed by atoms with Crippen molar-refractivity contribution in [2.75, 3.05) is 0 Å². The van der Waals surface area contributed by atoms with Crippen LogP contribution in [0.1, 0.15) is 64.4 Å². The second-order valence-corrected chi connectivity index (χ2v) is 12.2. The fourth-order valence-corrected chi connectivity index (χ4v) is 8.53. The molecule has 4 aliphatic rings. The number of allylic oxidation sites excluding steroid dienone is 3. The Kier molecular flexibility index (Phi) is 5.25. The largest absolute Gasteiger partial charge is 0.373 e. The van der Waals surface area contributed by atoms with Gasteiger partial charge in [0.25, 0.3) is 0 Å². The zero-order valence-corrected chi connectivity index (χ0v) is 21.6. The highest BCUT2D eigenvalue weighted by Crippen LogP contribution is 2.65. The predicted molar refractivity (Wildman–Crippen MR) is 144 cm³/mol. The van der Waals surface area contributed by atoms with Gasteiger partial charge in [0.2, 0.25) is 0 Å². The third-order valence-corrected chi connectivity index (χ3v) is 10.5. The van der Waals surface area contributed by atoms with E-state index in [0.717, 1.165) is 29.7 Å². The van der Waals surface area contributed by atoms with Crippen molar-refractivity contribution in [3.8, 4) is 0 Å². The van der Waals surface area contributed by atoms with E-state index in [2.05, 4.69) is 78.3 Å². The number of benzene rings is 1. The maximum Gasteiger partial charge on any atom is 0.100 e. The summed E-state index contributed by atoms with van der Waals surface area (Å²) in [6, 6.07) is 12.7. The Bertz CT molecular complexity index is 1340. The highest BCUT2D eigenvalue weighted by Gasteiger charge is 2.57. The van der Waals surface area contributed by atoms with Gasteiger partial charge < -0.3 is 9.30 Å². The molecule has 2 aromatic heterocycles. The van der Waals surface area contributed by atoms with Crippen molar-refractivity contribution in [1.82, 2.24) is 14.5 Å². The molecule has 4 heteroatoms. The van der Waals surface area contributed by atoms with Crippen molar-refractivity contribution in [2.24, 2.45) is 28.6 Å². The van der Waals surface area contributed by atoms with E-state index in [0.29, 0.717) is 18.1 Å². The molecular weight excluding hydrogens is 442 g/mol. The van der Waals surface area contributed by atoms with Gasteiger partial charge in [-0.3, -0.25) is 4.98 Å². The van der Waals surface area contributed by atoms with Gasteiger partial charge in [-0.15, -0.1) is 0 Å². The summed E-state index contributed by atoms with van der Waals surface area (Å²) in [5, 5.41) is 0. The summed E-state index contributed by atoms with van der Waals surface area (Å²) in [4.78, 5) is 8.85. The number of hydrogen-bond acceptors (Lipinski definition) is 3. The molecule has 2 fully saturated rings. The summed E-state index contributed by atoms with van der Waals surface area (Å²) in [7, 11) is 0. The van der Waals surface area contributed by atoms with Crippen molar-refractivity contribution in [3.63, 3.8) is 0 Å². The van der Waals surface area contributed by atoms with Crippen LogP contribution in [0.2, 0.25) is 0 Å². The molecule has 6 atom stereocenters. The Morgan fingerprint density at radius 2 is 1.78 bits per heavy atom. The number of hydrogen-bond donors (Lipinski definition) is 0. The van der Waals surface area contributed by atoms with E-state index < -0.39 is 0 Å². The Balaban J connectivity index is 1.11. The molecule has 0 aliphatic heterocycles. The minimum Gasteiger partial charge on any atom is -0.373 e. The molecule has 2 saturated carbocycles. The smallest absolute Gasteiger partial charge is 0.100 e. The average molecular weight is 480 g/mol. The van der Waals surface area contributed by atoms with Crippen LogP contribution in [0.5, 0.6) is 0 Å². The molecule has 4 aliphatic carbocycles. The molecule has 2 heterocycles. The molecule has 0 amide bonds. The van der Waals surface area contributed by atoms with E-state index in [4.69, 9.17) is 9.72 Å². The fraction of sp³-hybridized carbons (Fsp3) is 0.500. The van der Waals surface area contributed by atoms with E-state index in [9.17, 15) is 0 Å². The van der Waals surface area contributed by atoms with Crippen molar-refractivity contribution in [1.29, 1.82) is 0 Å². The highest BCUT2D eigenvalue weighted by atomic mass is 16.5. The van der Waals surface area contributed by atoms with Crippen LogP contribution in [0.25, 0.3) is 16.7 Å². The molecule has 0 N–H and O–H groups in total. The summed E-state index contributed by atoms with van der Waals surface area (Å²) < 4.78 is 8.78. The van der Waals surface area contributed by atoms with Gasteiger partial charge in [-0.1, -0.05) is 43.7 Å². The summed E-state index contributed by atoms with van der Waals surface area (Å²) in [5.41, 5.74) is 7.31. The van der Waals surface area contributed by atoms with Gasteiger partial charge in [-0.25, -0.2) is 4.98 Å². The molecule has 36 heavy (non-hydrogen) atoms. The minimum absolute atomic E-state index is 0.233.